The number of aliphatic hydroxyl groups is 1. The molecule has 0 atom stereocenters. The van der Waals surface area contributed by atoms with E-state index in [-0.39, 0.29) is 6.61 Å². The molecule has 18 heavy (non-hydrogen) atoms. The minimum atomic E-state index is -0.0787. The van der Waals surface area contributed by atoms with E-state index >= 15 is 0 Å². The van der Waals surface area contributed by atoms with Crippen LogP contribution in [0.1, 0.15) is 17.0 Å². The second-order valence-corrected chi connectivity index (χ2v) is 4.16. The smallest absolute Gasteiger partial charge is 0.119 e. The normalized spacial score (nSPS) is 10.6. The summed E-state index contributed by atoms with van der Waals surface area (Å²) in [5.74, 6) is 0.848. The lowest BCUT2D eigenvalue weighted by Gasteiger charge is -2.07. The average Bonchev–Trinajstić information content (AvgIpc) is 2.73. The topological polar surface area (TPSA) is 60.2 Å². The Morgan fingerprint density at radius 1 is 1.22 bits per heavy atom. The van der Waals surface area contributed by atoms with E-state index in [0.717, 1.165) is 11.4 Å². The summed E-state index contributed by atoms with van der Waals surface area (Å²) in [7, 11) is 0. The molecule has 0 fully saturated rings. The molecule has 5 nitrogen and oxygen atoms in total. The number of benzene rings is 1. The maximum atomic E-state index is 9.01. The number of rotatable bonds is 5. The standard InChI is InChI=1S/C13H17N3O2/c1-10-3-5-12(6-4-10)18-8-7-16-11(2)13(9-17)14-15-16/h3-6,17H,7-9H2,1-2H3. The zero-order chi connectivity index (χ0) is 13.0. The Bertz CT molecular complexity index is 505. The molecule has 0 spiro atoms. The summed E-state index contributed by atoms with van der Waals surface area (Å²) in [6, 6.07) is 7.92. The summed E-state index contributed by atoms with van der Waals surface area (Å²) in [6.45, 7) is 4.99. The molecule has 2 aromatic rings. The van der Waals surface area contributed by atoms with Crippen molar-refractivity contribution in [3.8, 4) is 5.75 Å². The van der Waals surface area contributed by atoms with E-state index < -0.39 is 0 Å². The van der Waals surface area contributed by atoms with Crippen LogP contribution in [0.25, 0.3) is 0 Å². The maximum absolute atomic E-state index is 9.01. The number of aromatic nitrogens is 3. The van der Waals surface area contributed by atoms with Crippen LogP contribution in [0.5, 0.6) is 5.75 Å². The van der Waals surface area contributed by atoms with Crippen molar-refractivity contribution in [3.63, 3.8) is 0 Å². The SMILES string of the molecule is Cc1ccc(OCCn2nnc(CO)c2C)cc1. The molecule has 2 rings (SSSR count). The van der Waals surface area contributed by atoms with Crippen molar-refractivity contribution in [2.45, 2.75) is 27.0 Å². The van der Waals surface area contributed by atoms with Crippen molar-refractivity contribution < 1.29 is 9.84 Å². The number of hydrogen-bond donors (Lipinski definition) is 1. The fraction of sp³-hybridized carbons (Fsp3) is 0.385. The Hall–Kier alpha value is -1.88. The van der Waals surface area contributed by atoms with Crippen molar-refractivity contribution in [2.75, 3.05) is 6.61 Å². The minimum absolute atomic E-state index is 0.0787. The second kappa shape index (κ2) is 5.64. The van der Waals surface area contributed by atoms with Crippen LogP contribution < -0.4 is 4.74 Å². The number of aliphatic hydroxyl groups excluding tert-OH is 1. The van der Waals surface area contributed by atoms with Gasteiger partial charge in [-0.3, -0.25) is 0 Å². The van der Waals surface area contributed by atoms with Gasteiger partial charge in [-0.25, -0.2) is 4.68 Å². The van der Waals surface area contributed by atoms with Crippen LogP contribution in [0.4, 0.5) is 0 Å². The van der Waals surface area contributed by atoms with Gasteiger partial charge in [0.2, 0.25) is 0 Å². The van der Waals surface area contributed by atoms with Gasteiger partial charge in [-0.05, 0) is 26.0 Å². The van der Waals surface area contributed by atoms with E-state index in [0.29, 0.717) is 18.8 Å². The summed E-state index contributed by atoms with van der Waals surface area (Å²) in [4.78, 5) is 0. The van der Waals surface area contributed by atoms with Gasteiger partial charge in [-0.1, -0.05) is 22.9 Å². The first kappa shape index (κ1) is 12.6. The van der Waals surface area contributed by atoms with Gasteiger partial charge in [-0.2, -0.15) is 0 Å². The van der Waals surface area contributed by atoms with Gasteiger partial charge in [0.15, 0.2) is 0 Å². The summed E-state index contributed by atoms with van der Waals surface area (Å²) in [5, 5.41) is 16.9. The highest BCUT2D eigenvalue weighted by atomic mass is 16.5. The van der Waals surface area contributed by atoms with E-state index in [4.69, 9.17) is 9.84 Å². The van der Waals surface area contributed by atoms with Crippen molar-refractivity contribution in [1.29, 1.82) is 0 Å². The van der Waals surface area contributed by atoms with Crippen LogP contribution in [-0.4, -0.2) is 26.7 Å². The van der Waals surface area contributed by atoms with Gasteiger partial charge >= 0.3 is 0 Å². The van der Waals surface area contributed by atoms with Gasteiger partial charge < -0.3 is 9.84 Å². The molecule has 0 saturated heterocycles. The van der Waals surface area contributed by atoms with Crippen LogP contribution in [-0.2, 0) is 13.2 Å². The molecular formula is C13H17N3O2. The summed E-state index contributed by atoms with van der Waals surface area (Å²) >= 11 is 0. The highest BCUT2D eigenvalue weighted by molar-refractivity contribution is 5.26. The molecular weight excluding hydrogens is 230 g/mol. The largest absolute Gasteiger partial charge is 0.492 e. The van der Waals surface area contributed by atoms with Crippen LogP contribution in [0.15, 0.2) is 24.3 Å². The third-order valence-corrected chi connectivity index (χ3v) is 2.82. The molecule has 1 aromatic heterocycles. The first-order valence-corrected chi connectivity index (χ1v) is 5.90. The van der Waals surface area contributed by atoms with Crippen molar-refractivity contribution in [2.24, 2.45) is 0 Å². The molecule has 0 bridgehead atoms. The fourth-order valence-electron chi connectivity index (χ4n) is 1.64. The lowest BCUT2D eigenvalue weighted by Crippen LogP contribution is -2.11. The summed E-state index contributed by atoms with van der Waals surface area (Å²) in [5.41, 5.74) is 2.71. The number of nitrogens with zero attached hydrogens (tertiary/aromatic N) is 3. The zero-order valence-corrected chi connectivity index (χ0v) is 10.6. The van der Waals surface area contributed by atoms with Crippen LogP contribution in [0.2, 0.25) is 0 Å². The number of hydrogen-bond acceptors (Lipinski definition) is 4. The maximum Gasteiger partial charge on any atom is 0.119 e. The average molecular weight is 247 g/mol. The Labute approximate surface area is 106 Å². The molecule has 1 N–H and O–H groups in total. The van der Waals surface area contributed by atoms with E-state index in [1.165, 1.54) is 5.56 Å². The highest BCUT2D eigenvalue weighted by Crippen LogP contribution is 2.11. The van der Waals surface area contributed by atoms with E-state index in [1.807, 2.05) is 38.1 Å². The summed E-state index contributed by atoms with van der Waals surface area (Å²) in [6.07, 6.45) is 0. The fourth-order valence-corrected chi connectivity index (χ4v) is 1.64. The highest BCUT2D eigenvalue weighted by Gasteiger charge is 2.06. The van der Waals surface area contributed by atoms with E-state index in [2.05, 4.69) is 10.3 Å². The van der Waals surface area contributed by atoms with Crippen LogP contribution in [0, 0.1) is 13.8 Å². The first-order chi connectivity index (χ1) is 8.70. The Morgan fingerprint density at radius 3 is 2.56 bits per heavy atom. The second-order valence-electron chi connectivity index (χ2n) is 4.16. The van der Waals surface area contributed by atoms with Gasteiger partial charge in [0.05, 0.1) is 18.8 Å². The molecule has 0 aliphatic carbocycles. The van der Waals surface area contributed by atoms with Gasteiger partial charge in [0.25, 0.3) is 0 Å². The molecule has 0 saturated carbocycles. The van der Waals surface area contributed by atoms with E-state index in [1.54, 1.807) is 4.68 Å². The molecule has 1 heterocycles. The molecule has 96 valence electrons. The molecule has 0 unspecified atom stereocenters. The Kier molecular flexibility index (Phi) is 3.94. The molecule has 0 aliphatic rings. The van der Waals surface area contributed by atoms with Crippen molar-refractivity contribution >= 4 is 0 Å². The molecule has 0 radical (unpaired) electrons. The zero-order valence-electron chi connectivity index (χ0n) is 10.6. The lowest BCUT2D eigenvalue weighted by molar-refractivity contribution is 0.275. The van der Waals surface area contributed by atoms with E-state index in [9.17, 15) is 0 Å². The van der Waals surface area contributed by atoms with Crippen LogP contribution in [0.3, 0.4) is 0 Å². The molecule has 0 aliphatic heterocycles. The van der Waals surface area contributed by atoms with Gasteiger partial charge in [0, 0.05) is 0 Å². The molecule has 5 heteroatoms. The predicted octanol–water partition coefficient (Wildman–Crippen LogP) is 1.47. The monoisotopic (exact) mass is 247 g/mol. The lowest BCUT2D eigenvalue weighted by atomic mass is 10.2. The van der Waals surface area contributed by atoms with Gasteiger partial charge in [-0.15, -0.1) is 5.10 Å². The minimum Gasteiger partial charge on any atom is -0.492 e. The number of ether oxygens (including phenoxy) is 1. The quantitative estimate of drug-likeness (QED) is 0.869. The third-order valence-electron chi connectivity index (χ3n) is 2.82. The molecule has 1 aromatic carbocycles. The number of aryl methyl sites for hydroxylation is 1. The third kappa shape index (κ3) is 2.87. The van der Waals surface area contributed by atoms with Gasteiger partial charge in [0.1, 0.15) is 18.1 Å². The predicted molar refractivity (Wildman–Crippen MR) is 67.4 cm³/mol. The summed E-state index contributed by atoms with van der Waals surface area (Å²) < 4.78 is 7.35. The Morgan fingerprint density at radius 2 is 1.94 bits per heavy atom. The molecule has 0 amide bonds. The van der Waals surface area contributed by atoms with Crippen molar-refractivity contribution in [3.05, 3.63) is 41.2 Å². The van der Waals surface area contributed by atoms with Crippen molar-refractivity contribution in [1.82, 2.24) is 15.0 Å². The first-order valence-electron chi connectivity index (χ1n) is 5.90. The van der Waals surface area contributed by atoms with Crippen LogP contribution >= 0.6 is 0 Å². The Balaban J connectivity index is 1.88.